The molecule has 0 aromatic rings. The first-order chi connectivity index (χ1) is 11.3. The van der Waals surface area contributed by atoms with Gasteiger partial charge in [0.1, 0.15) is 24.4 Å². The van der Waals surface area contributed by atoms with Gasteiger partial charge in [0, 0.05) is 6.08 Å². The number of carbonyl (C=O) groups is 1. The van der Waals surface area contributed by atoms with Gasteiger partial charge in [-0.15, -0.1) is 0 Å². The molecule has 8 heteroatoms. The van der Waals surface area contributed by atoms with Gasteiger partial charge in [0.05, 0.1) is 18.8 Å². The lowest BCUT2D eigenvalue weighted by molar-refractivity contribution is -0.310. The normalized spacial score (nSPS) is 32.2. The third-order valence-electron chi connectivity index (χ3n) is 3.56. The van der Waals surface area contributed by atoms with Gasteiger partial charge in [-0.3, -0.25) is 0 Å². The van der Waals surface area contributed by atoms with Crippen molar-refractivity contribution in [3.05, 3.63) is 12.2 Å². The van der Waals surface area contributed by atoms with E-state index in [1.165, 1.54) is 6.08 Å². The van der Waals surface area contributed by atoms with E-state index in [-0.39, 0.29) is 12.2 Å². The number of allylic oxidation sites excluding steroid dienone is 1. The van der Waals surface area contributed by atoms with Crippen molar-refractivity contribution in [1.29, 1.82) is 0 Å². The fraction of sp³-hybridized carbons (Fsp3) is 0.812. The second-order valence-electron chi connectivity index (χ2n) is 6.11. The SMILES string of the molecule is CC(C)OC(=O)/C=C\CC[C@@H](C)OC1O[C@@H](CO)[C@H](O)[C@@H](O)[C@H]1O. The highest BCUT2D eigenvalue weighted by Crippen LogP contribution is 2.23. The van der Waals surface area contributed by atoms with E-state index in [1.807, 2.05) is 0 Å². The zero-order valence-electron chi connectivity index (χ0n) is 14.2. The Labute approximate surface area is 141 Å². The second kappa shape index (κ2) is 10.1. The average Bonchev–Trinajstić information content (AvgIpc) is 2.51. The topological polar surface area (TPSA) is 126 Å². The summed E-state index contributed by atoms with van der Waals surface area (Å²) in [7, 11) is 0. The molecule has 0 spiro atoms. The molecule has 0 saturated carbocycles. The van der Waals surface area contributed by atoms with Crippen molar-refractivity contribution in [3.8, 4) is 0 Å². The smallest absolute Gasteiger partial charge is 0.330 e. The predicted molar refractivity (Wildman–Crippen MR) is 83.9 cm³/mol. The first-order valence-corrected chi connectivity index (χ1v) is 8.09. The van der Waals surface area contributed by atoms with Crippen LogP contribution < -0.4 is 0 Å². The Hall–Kier alpha value is -1.03. The molecular formula is C16H28O8. The molecule has 0 radical (unpaired) electrons. The lowest BCUT2D eigenvalue weighted by Gasteiger charge is -2.40. The van der Waals surface area contributed by atoms with E-state index in [2.05, 4.69) is 0 Å². The van der Waals surface area contributed by atoms with Crippen LogP contribution in [0.4, 0.5) is 0 Å². The van der Waals surface area contributed by atoms with E-state index in [9.17, 15) is 20.1 Å². The van der Waals surface area contributed by atoms with E-state index in [0.29, 0.717) is 12.8 Å². The fourth-order valence-electron chi connectivity index (χ4n) is 2.26. The Morgan fingerprint density at radius 1 is 1.17 bits per heavy atom. The highest BCUT2D eigenvalue weighted by Gasteiger charge is 2.44. The standard InChI is InChI=1S/C16H28O8/c1-9(2)22-12(18)7-5-4-6-10(3)23-16-15(21)14(20)13(19)11(8-17)24-16/h5,7,9-11,13-17,19-21H,4,6,8H2,1-3H3/b7-5-/t10-,11+,13+,14-,15-,16?/m1/s1. The van der Waals surface area contributed by atoms with Crippen molar-refractivity contribution in [2.75, 3.05) is 6.61 Å². The zero-order valence-corrected chi connectivity index (χ0v) is 14.2. The summed E-state index contributed by atoms with van der Waals surface area (Å²) < 4.78 is 15.7. The number of rotatable bonds is 8. The Morgan fingerprint density at radius 2 is 1.83 bits per heavy atom. The number of hydrogen-bond donors (Lipinski definition) is 4. The van der Waals surface area contributed by atoms with Crippen LogP contribution in [-0.4, -0.2) is 75.9 Å². The zero-order chi connectivity index (χ0) is 18.3. The van der Waals surface area contributed by atoms with Crippen molar-refractivity contribution in [2.45, 2.75) is 76.5 Å². The van der Waals surface area contributed by atoms with Crippen molar-refractivity contribution in [2.24, 2.45) is 0 Å². The number of hydrogen-bond acceptors (Lipinski definition) is 8. The largest absolute Gasteiger partial charge is 0.460 e. The highest BCUT2D eigenvalue weighted by atomic mass is 16.7. The summed E-state index contributed by atoms with van der Waals surface area (Å²) in [4.78, 5) is 11.3. The number of carbonyl (C=O) groups excluding carboxylic acids is 1. The van der Waals surface area contributed by atoms with E-state index in [4.69, 9.17) is 19.3 Å². The maximum Gasteiger partial charge on any atom is 0.330 e. The maximum atomic E-state index is 11.3. The summed E-state index contributed by atoms with van der Waals surface area (Å²) in [6, 6.07) is 0. The van der Waals surface area contributed by atoms with Crippen molar-refractivity contribution in [1.82, 2.24) is 0 Å². The molecule has 0 bridgehead atoms. The van der Waals surface area contributed by atoms with Crippen LogP contribution in [0.5, 0.6) is 0 Å². The number of esters is 1. The molecule has 1 heterocycles. The Bertz CT molecular complexity index is 409. The van der Waals surface area contributed by atoms with Crippen molar-refractivity contribution < 1.29 is 39.4 Å². The summed E-state index contributed by atoms with van der Waals surface area (Å²) in [5.41, 5.74) is 0. The monoisotopic (exact) mass is 348 g/mol. The third kappa shape index (κ3) is 6.46. The minimum Gasteiger partial charge on any atom is -0.460 e. The Morgan fingerprint density at radius 3 is 2.42 bits per heavy atom. The molecule has 0 aromatic carbocycles. The van der Waals surface area contributed by atoms with Crippen LogP contribution in [0, 0.1) is 0 Å². The number of aliphatic hydroxyl groups excluding tert-OH is 4. The van der Waals surface area contributed by atoms with E-state index < -0.39 is 43.3 Å². The molecule has 0 amide bonds. The molecule has 140 valence electrons. The summed E-state index contributed by atoms with van der Waals surface area (Å²) in [5, 5.41) is 38.4. The van der Waals surface area contributed by atoms with Gasteiger partial charge >= 0.3 is 5.97 Å². The molecule has 0 aliphatic carbocycles. The Kier molecular flexibility index (Phi) is 8.82. The molecule has 4 N–H and O–H groups in total. The molecular weight excluding hydrogens is 320 g/mol. The van der Waals surface area contributed by atoms with Gasteiger partial charge in [-0.25, -0.2) is 4.79 Å². The molecule has 1 aliphatic heterocycles. The van der Waals surface area contributed by atoms with E-state index in [0.717, 1.165) is 0 Å². The van der Waals surface area contributed by atoms with Crippen molar-refractivity contribution in [3.63, 3.8) is 0 Å². The molecule has 1 rings (SSSR count). The molecule has 1 aliphatic rings. The van der Waals surface area contributed by atoms with Crippen LogP contribution in [-0.2, 0) is 19.0 Å². The minimum absolute atomic E-state index is 0.171. The number of aliphatic hydroxyl groups is 4. The summed E-state index contributed by atoms with van der Waals surface area (Å²) in [5.74, 6) is -0.410. The Balaban J connectivity index is 2.40. The van der Waals surface area contributed by atoms with Crippen molar-refractivity contribution >= 4 is 5.97 Å². The van der Waals surface area contributed by atoms with Gasteiger partial charge < -0.3 is 34.6 Å². The van der Waals surface area contributed by atoms with Crippen LogP contribution in [0.15, 0.2) is 12.2 Å². The minimum atomic E-state index is -1.46. The van der Waals surface area contributed by atoms with Gasteiger partial charge in [0.2, 0.25) is 0 Å². The summed E-state index contributed by atoms with van der Waals surface area (Å²) in [6.45, 7) is 4.78. The summed E-state index contributed by atoms with van der Waals surface area (Å²) in [6.07, 6.45) is -2.83. The van der Waals surface area contributed by atoms with Crippen LogP contribution in [0.2, 0.25) is 0 Å². The van der Waals surface area contributed by atoms with Gasteiger partial charge in [-0.2, -0.15) is 0 Å². The average molecular weight is 348 g/mol. The molecule has 1 fully saturated rings. The van der Waals surface area contributed by atoms with E-state index >= 15 is 0 Å². The second-order valence-corrected chi connectivity index (χ2v) is 6.11. The van der Waals surface area contributed by atoms with Gasteiger partial charge in [0.15, 0.2) is 6.29 Å². The molecule has 1 saturated heterocycles. The van der Waals surface area contributed by atoms with E-state index in [1.54, 1.807) is 26.8 Å². The van der Waals surface area contributed by atoms with Gasteiger partial charge in [0.25, 0.3) is 0 Å². The van der Waals surface area contributed by atoms with Crippen LogP contribution in [0.1, 0.15) is 33.6 Å². The molecule has 24 heavy (non-hydrogen) atoms. The van der Waals surface area contributed by atoms with Gasteiger partial charge in [-0.05, 0) is 33.6 Å². The van der Waals surface area contributed by atoms with Crippen LogP contribution in [0.3, 0.4) is 0 Å². The molecule has 0 aromatic heterocycles. The van der Waals surface area contributed by atoms with Crippen LogP contribution >= 0.6 is 0 Å². The summed E-state index contributed by atoms with van der Waals surface area (Å²) >= 11 is 0. The lowest BCUT2D eigenvalue weighted by Crippen LogP contribution is -2.59. The van der Waals surface area contributed by atoms with Gasteiger partial charge in [-0.1, -0.05) is 6.08 Å². The highest BCUT2D eigenvalue weighted by molar-refractivity contribution is 5.81. The molecule has 6 atom stereocenters. The number of ether oxygens (including phenoxy) is 3. The van der Waals surface area contributed by atoms with Crippen LogP contribution in [0.25, 0.3) is 0 Å². The quantitative estimate of drug-likeness (QED) is 0.341. The maximum absolute atomic E-state index is 11.3. The third-order valence-corrected chi connectivity index (χ3v) is 3.56. The fourth-order valence-corrected chi connectivity index (χ4v) is 2.26. The first-order valence-electron chi connectivity index (χ1n) is 8.09. The predicted octanol–water partition coefficient (Wildman–Crippen LogP) is -0.521. The first kappa shape index (κ1) is 21.0. The molecule has 8 nitrogen and oxygen atoms in total. The lowest BCUT2D eigenvalue weighted by atomic mass is 9.99. The molecule has 1 unspecified atom stereocenters.